The van der Waals surface area contributed by atoms with Gasteiger partial charge in [-0.3, -0.25) is 14.4 Å². The van der Waals surface area contributed by atoms with Crippen LogP contribution >= 0.6 is 11.6 Å². The van der Waals surface area contributed by atoms with Crippen LogP contribution in [0.2, 0.25) is 5.02 Å². The minimum absolute atomic E-state index is 0.124. The molecule has 0 aromatic heterocycles. The largest absolute Gasteiger partial charge is 0.494 e. The number of nitrogens with zero attached hydrogens (tertiary/aromatic N) is 1. The highest BCUT2D eigenvalue weighted by atomic mass is 35.5. The molecule has 5 nitrogen and oxygen atoms in total. The van der Waals surface area contributed by atoms with Gasteiger partial charge in [-0.1, -0.05) is 66.2 Å². The zero-order chi connectivity index (χ0) is 25.2. The van der Waals surface area contributed by atoms with Crippen molar-refractivity contribution in [2.45, 2.75) is 31.8 Å². The minimum Gasteiger partial charge on any atom is -0.494 e. The van der Waals surface area contributed by atoms with Gasteiger partial charge in [-0.15, -0.1) is 0 Å². The zero-order valence-corrected chi connectivity index (χ0v) is 20.7. The predicted molar refractivity (Wildman–Crippen MR) is 139 cm³/mol. The van der Waals surface area contributed by atoms with Crippen molar-refractivity contribution in [3.63, 3.8) is 0 Å². The van der Waals surface area contributed by atoms with Gasteiger partial charge in [-0.2, -0.15) is 0 Å². The van der Waals surface area contributed by atoms with Crippen LogP contribution in [0.1, 0.15) is 51.6 Å². The Kier molecular flexibility index (Phi) is 5.16. The standard InChI is InChI=1S/C30H24ClNO4/c1-3-36-24-11-7-6-10-22(24)26-27(17(2)33)32-23-14-13-19(31)16-18(23)12-15-25(32)30(26)28(34)20-8-4-5-9-21(20)29(30)35/h4-16,25-27H,3H2,1-2H3/t25?,26-,27-/m0/s1. The molecule has 6 heteroatoms. The number of hydrogen-bond donors (Lipinski definition) is 0. The van der Waals surface area contributed by atoms with Gasteiger partial charge in [0.2, 0.25) is 0 Å². The first kappa shape index (κ1) is 22.7. The van der Waals surface area contributed by atoms with Crippen LogP contribution in [0.3, 0.4) is 0 Å². The van der Waals surface area contributed by atoms with Gasteiger partial charge in [0.25, 0.3) is 0 Å². The number of rotatable bonds is 4. The second-order valence-corrected chi connectivity index (χ2v) is 9.93. The van der Waals surface area contributed by atoms with E-state index in [2.05, 4.69) is 0 Å². The molecule has 2 aliphatic heterocycles. The maximum Gasteiger partial charge on any atom is 0.180 e. The van der Waals surface area contributed by atoms with Crippen LogP contribution in [0, 0.1) is 5.41 Å². The van der Waals surface area contributed by atoms with Crippen LogP contribution in [0.15, 0.2) is 72.8 Å². The van der Waals surface area contributed by atoms with Crippen LogP contribution in [-0.4, -0.2) is 36.0 Å². The number of anilines is 1. The normalized spacial score (nSPS) is 23.0. The lowest BCUT2D eigenvalue weighted by Crippen LogP contribution is -2.48. The molecule has 1 saturated heterocycles. The minimum atomic E-state index is -1.51. The molecule has 180 valence electrons. The summed E-state index contributed by atoms with van der Waals surface area (Å²) in [6.45, 7) is 3.83. The van der Waals surface area contributed by atoms with Crippen LogP contribution in [0.5, 0.6) is 5.75 Å². The topological polar surface area (TPSA) is 63.7 Å². The fourth-order valence-electron chi connectivity index (χ4n) is 6.47. The third-order valence-corrected chi connectivity index (χ3v) is 7.97. The van der Waals surface area contributed by atoms with Gasteiger partial charge < -0.3 is 9.64 Å². The summed E-state index contributed by atoms with van der Waals surface area (Å²) in [5.74, 6) is -0.796. The summed E-state index contributed by atoms with van der Waals surface area (Å²) in [4.78, 5) is 44.3. The van der Waals surface area contributed by atoms with Crippen molar-refractivity contribution < 1.29 is 19.1 Å². The molecule has 1 aliphatic carbocycles. The number of hydrogen-bond acceptors (Lipinski definition) is 5. The first-order chi connectivity index (χ1) is 17.4. The van der Waals surface area contributed by atoms with E-state index in [4.69, 9.17) is 16.3 Å². The maximum atomic E-state index is 14.4. The molecular weight excluding hydrogens is 474 g/mol. The summed E-state index contributed by atoms with van der Waals surface area (Å²) in [7, 11) is 0. The number of Topliss-reactive ketones (excluding diaryl/α,β-unsaturated/α-hetero) is 3. The van der Waals surface area contributed by atoms with Crippen molar-refractivity contribution in [3.05, 3.63) is 100 Å². The van der Waals surface area contributed by atoms with Crippen LogP contribution < -0.4 is 9.64 Å². The van der Waals surface area contributed by atoms with E-state index in [9.17, 15) is 14.4 Å². The van der Waals surface area contributed by atoms with Crippen molar-refractivity contribution in [2.24, 2.45) is 5.41 Å². The maximum absolute atomic E-state index is 14.4. The Morgan fingerprint density at radius 1 is 1.00 bits per heavy atom. The van der Waals surface area contributed by atoms with E-state index in [1.807, 2.05) is 60.4 Å². The lowest BCUT2D eigenvalue weighted by Gasteiger charge is -2.37. The lowest BCUT2D eigenvalue weighted by atomic mass is 9.64. The van der Waals surface area contributed by atoms with Crippen LogP contribution in [0.4, 0.5) is 5.69 Å². The molecule has 0 saturated carbocycles. The third-order valence-electron chi connectivity index (χ3n) is 7.74. The van der Waals surface area contributed by atoms with Crippen molar-refractivity contribution in [2.75, 3.05) is 11.5 Å². The first-order valence-electron chi connectivity index (χ1n) is 12.1. The van der Waals surface area contributed by atoms with E-state index in [-0.39, 0.29) is 17.3 Å². The summed E-state index contributed by atoms with van der Waals surface area (Å²) in [6, 6.07) is 18.5. The molecule has 6 rings (SSSR count). The summed E-state index contributed by atoms with van der Waals surface area (Å²) in [5, 5.41) is 0.573. The molecule has 0 bridgehead atoms. The number of carbonyl (C=O) groups is 3. The van der Waals surface area contributed by atoms with Crippen molar-refractivity contribution in [3.8, 4) is 5.75 Å². The van der Waals surface area contributed by atoms with Crippen LogP contribution in [0.25, 0.3) is 6.08 Å². The Hall–Kier alpha value is -3.70. The van der Waals surface area contributed by atoms with Gasteiger partial charge in [-0.05, 0) is 43.7 Å². The highest BCUT2D eigenvalue weighted by Crippen LogP contribution is 2.61. The number of halogens is 1. The quantitative estimate of drug-likeness (QED) is 0.429. The molecule has 1 unspecified atom stereocenters. The number of fused-ring (bicyclic) bond motifs is 5. The molecule has 3 atom stereocenters. The van der Waals surface area contributed by atoms with E-state index in [1.54, 1.807) is 30.3 Å². The number of ketones is 3. The zero-order valence-electron chi connectivity index (χ0n) is 19.9. The second kappa shape index (κ2) is 8.17. The summed E-state index contributed by atoms with van der Waals surface area (Å²) >= 11 is 6.28. The van der Waals surface area contributed by atoms with E-state index < -0.39 is 23.4 Å². The molecule has 0 amide bonds. The molecule has 0 radical (unpaired) electrons. The van der Waals surface area contributed by atoms with E-state index >= 15 is 0 Å². The van der Waals surface area contributed by atoms with Crippen molar-refractivity contribution in [1.29, 1.82) is 0 Å². The van der Waals surface area contributed by atoms with E-state index in [0.717, 1.165) is 11.3 Å². The van der Waals surface area contributed by atoms with E-state index in [1.165, 1.54) is 6.92 Å². The molecule has 0 N–H and O–H groups in total. The van der Waals surface area contributed by atoms with Gasteiger partial charge in [0.1, 0.15) is 11.2 Å². The number of ether oxygens (including phenoxy) is 1. The highest BCUT2D eigenvalue weighted by Gasteiger charge is 2.71. The van der Waals surface area contributed by atoms with Crippen molar-refractivity contribution >= 4 is 40.7 Å². The molecule has 36 heavy (non-hydrogen) atoms. The lowest BCUT2D eigenvalue weighted by molar-refractivity contribution is -0.118. The number of carbonyl (C=O) groups excluding carboxylic acids is 3. The fourth-order valence-corrected chi connectivity index (χ4v) is 6.65. The highest BCUT2D eigenvalue weighted by molar-refractivity contribution is 6.32. The van der Waals surface area contributed by atoms with Crippen molar-refractivity contribution in [1.82, 2.24) is 0 Å². The van der Waals surface area contributed by atoms with Gasteiger partial charge in [-0.25, -0.2) is 0 Å². The molecule has 1 fully saturated rings. The number of para-hydroxylation sites is 1. The summed E-state index contributed by atoms with van der Waals surface area (Å²) in [5.41, 5.74) is 1.60. The molecule has 1 spiro atoms. The fraction of sp³-hybridized carbons (Fsp3) is 0.233. The number of benzene rings is 3. The molecule has 3 aromatic rings. The SMILES string of the molecule is CCOc1ccccc1[C@H]1[C@H](C(C)=O)N2c3ccc(Cl)cc3C=CC2C12C(=O)c1ccccc1C2=O. The molecular formula is C30H24ClNO4. The van der Waals surface area contributed by atoms with Gasteiger partial charge in [0, 0.05) is 33.3 Å². The summed E-state index contributed by atoms with van der Waals surface area (Å²) in [6.07, 6.45) is 3.79. The van der Waals surface area contributed by atoms with Crippen LogP contribution in [-0.2, 0) is 4.79 Å². The van der Waals surface area contributed by atoms with Gasteiger partial charge in [0.15, 0.2) is 17.3 Å². The smallest absolute Gasteiger partial charge is 0.180 e. The first-order valence-corrected chi connectivity index (χ1v) is 12.5. The Morgan fingerprint density at radius 3 is 2.33 bits per heavy atom. The third kappa shape index (κ3) is 2.86. The molecule has 2 heterocycles. The Labute approximate surface area is 214 Å². The Morgan fingerprint density at radius 2 is 1.67 bits per heavy atom. The predicted octanol–water partition coefficient (Wildman–Crippen LogP) is 5.76. The Bertz CT molecular complexity index is 1440. The molecule has 3 aliphatic rings. The summed E-state index contributed by atoms with van der Waals surface area (Å²) < 4.78 is 5.98. The van der Waals surface area contributed by atoms with Gasteiger partial charge >= 0.3 is 0 Å². The van der Waals surface area contributed by atoms with Gasteiger partial charge in [0.05, 0.1) is 18.7 Å². The average molecular weight is 498 g/mol. The second-order valence-electron chi connectivity index (χ2n) is 9.49. The average Bonchev–Trinajstić information content (AvgIpc) is 3.31. The Balaban J connectivity index is 1.69. The molecule has 3 aromatic carbocycles. The monoisotopic (exact) mass is 497 g/mol. The van der Waals surface area contributed by atoms with E-state index in [0.29, 0.717) is 34.1 Å².